The molecule has 0 aromatic carbocycles. The maximum absolute atomic E-state index is 11.8. The Morgan fingerprint density at radius 1 is 1.18 bits per heavy atom. The number of carbonyl (C=O) groups excluding carboxylic acids is 1. The fraction of sp³-hybridized carbons (Fsp3) is 0.833. The van der Waals surface area contributed by atoms with Gasteiger partial charge in [0.15, 0.2) is 0 Å². The Bertz CT molecular complexity index is 268. The number of carboxylic acid groups (broad SMARTS) is 1. The van der Waals surface area contributed by atoms with Crippen LogP contribution in [0.15, 0.2) is 0 Å². The number of hydrogen-bond acceptors (Lipinski definition) is 3. The topological polar surface area (TPSA) is 92.4 Å². The molecule has 4 N–H and O–H groups in total. The highest BCUT2D eigenvalue weighted by atomic mass is 16.4. The molecule has 2 unspecified atom stereocenters. The summed E-state index contributed by atoms with van der Waals surface area (Å²) < 4.78 is 0. The van der Waals surface area contributed by atoms with Crippen molar-refractivity contribution in [1.82, 2.24) is 5.32 Å². The molecule has 0 aliphatic rings. The van der Waals surface area contributed by atoms with Crippen LogP contribution in [0.1, 0.15) is 40.5 Å². The molecule has 0 radical (unpaired) electrons. The monoisotopic (exact) mass is 244 g/mol. The fourth-order valence-electron chi connectivity index (χ4n) is 1.44. The van der Waals surface area contributed by atoms with E-state index in [0.717, 1.165) is 6.42 Å². The lowest BCUT2D eigenvalue weighted by Gasteiger charge is -2.24. The summed E-state index contributed by atoms with van der Waals surface area (Å²) >= 11 is 0. The quantitative estimate of drug-likeness (QED) is 0.622. The molecule has 100 valence electrons. The van der Waals surface area contributed by atoms with Crippen LogP contribution < -0.4 is 11.1 Å². The summed E-state index contributed by atoms with van der Waals surface area (Å²) in [7, 11) is 0. The van der Waals surface area contributed by atoms with Gasteiger partial charge in [-0.05, 0) is 11.8 Å². The first kappa shape index (κ1) is 15.9. The molecular weight excluding hydrogens is 220 g/mol. The van der Waals surface area contributed by atoms with Crippen molar-refractivity contribution in [3.63, 3.8) is 0 Å². The number of carbonyl (C=O) groups is 2. The summed E-state index contributed by atoms with van der Waals surface area (Å²) in [6, 6.07) is -1.51. The summed E-state index contributed by atoms with van der Waals surface area (Å²) in [5.41, 5.74) is 5.76. The normalized spacial score (nSPS) is 17.9. The van der Waals surface area contributed by atoms with Gasteiger partial charge in [-0.1, -0.05) is 40.5 Å². The molecule has 0 aromatic rings. The third-order valence-corrected chi connectivity index (χ3v) is 3.34. The maximum atomic E-state index is 11.8. The van der Waals surface area contributed by atoms with E-state index < -0.39 is 18.1 Å². The maximum Gasteiger partial charge on any atom is 0.326 e. The molecule has 5 heteroatoms. The van der Waals surface area contributed by atoms with Crippen molar-refractivity contribution in [2.75, 3.05) is 0 Å². The van der Waals surface area contributed by atoms with E-state index in [2.05, 4.69) is 5.32 Å². The molecule has 0 aromatic heterocycles. The molecule has 0 aliphatic carbocycles. The predicted molar refractivity (Wildman–Crippen MR) is 66.5 cm³/mol. The first-order chi connectivity index (χ1) is 7.84. The summed E-state index contributed by atoms with van der Waals surface area (Å²) in [6.07, 6.45) is 1.48. The summed E-state index contributed by atoms with van der Waals surface area (Å²) in [6.45, 7) is 7.51. The van der Waals surface area contributed by atoms with Crippen LogP contribution in [0.3, 0.4) is 0 Å². The molecule has 5 nitrogen and oxygen atoms in total. The number of hydrogen-bond donors (Lipinski definition) is 3. The average molecular weight is 244 g/mol. The third kappa shape index (κ3) is 4.73. The van der Waals surface area contributed by atoms with Gasteiger partial charge in [0.2, 0.25) is 5.91 Å². The van der Waals surface area contributed by atoms with Crippen LogP contribution in [0.4, 0.5) is 0 Å². The smallest absolute Gasteiger partial charge is 0.326 e. The van der Waals surface area contributed by atoms with Gasteiger partial charge in [0, 0.05) is 0 Å². The van der Waals surface area contributed by atoms with Gasteiger partial charge in [0.05, 0.1) is 6.04 Å². The number of carboxylic acids is 1. The zero-order chi connectivity index (χ0) is 13.6. The van der Waals surface area contributed by atoms with Gasteiger partial charge < -0.3 is 16.2 Å². The van der Waals surface area contributed by atoms with Crippen molar-refractivity contribution in [2.24, 2.45) is 17.6 Å². The number of nitrogens with one attached hydrogen (secondary N) is 1. The van der Waals surface area contributed by atoms with E-state index in [-0.39, 0.29) is 17.7 Å². The van der Waals surface area contributed by atoms with E-state index in [0.29, 0.717) is 6.42 Å². The van der Waals surface area contributed by atoms with Crippen molar-refractivity contribution in [2.45, 2.75) is 52.6 Å². The first-order valence-electron chi connectivity index (χ1n) is 6.13. The Hall–Kier alpha value is -1.10. The molecule has 4 atom stereocenters. The lowest BCUT2D eigenvalue weighted by Crippen LogP contribution is -2.52. The second-order valence-corrected chi connectivity index (χ2v) is 4.62. The van der Waals surface area contributed by atoms with E-state index in [9.17, 15) is 9.59 Å². The molecule has 17 heavy (non-hydrogen) atoms. The van der Waals surface area contributed by atoms with Crippen LogP contribution in [-0.2, 0) is 9.59 Å². The molecule has 1 amide bonds. The van der Waals surface area contributed by atoms with Crippen molar-refractivity contribution in [1.29, 1.82) is 0 Å². The Labute approximate surface area is 103 Å². The molecule has 0 aliphatic heterocycles. The van der Waals surface area contributed by atoms with Crippen LogP contribution in [0.25, 0.3) is 0 Å². The van der Waals surface area contributed by atoms with Gasteiger partial charge in [0.25, 0.3) is 0 Å². The van der Waals surface area contributed by atoms with Gasteiger partial charge in [-0.3, -0.25) is 4.79 Å². The average Bonchev–Trinajstić information content (AvgIpc) is 2.32. The van der Waals surface area contributed by atoms with Gasteiger partial charge in [-0.15, -0.1) is 0 Å². The van der Waals surface area contributed by atoms with Gasteiger partial charge in [-0.25, -0.2) is 4.79 Å². The molecule has 0 saturated heterocycles. The van der Waals surface area contributed by atoms with Gasteiger partial charge in [-0.2, -0.15) is 0 Å². The molecule has 0 heterocycles. The SMILES string of the molecule is CCC(C)C(NC(=O)[C@@H](N)[C@@H](C)CC)C(=O)O. The van der Waals surface area contributed by atoms with Crippen LogP contribution >= 0.6 is 0 Å². The van der Waals surface area contributed by atoms with Crippen molar-refractivity contribution < 1.29 is 14.7 Å². The van der Waals surface area contributed by atoms with Crippen LogP contribution in [0, 0.1) is 11.8 Å². The molecular formula is C12H24N2O3. The van der Waals surface area contributed by atoms with Crippen LogP contribution in [-0.4, -0.2) is 29.1 Å². The number of nitrogens with two attached hydrogens (primary N) is 1. The highest BCUT2D eigenvalue weighted by Gasteiger charge is 2.28. The number of aliphatic carboxylic acids is 1. The van der Waals surface area contributed by atoms with Crippen LogP contribution in [0.2, 0.25) is 0 Å². The zero-order valence-corrected chi connectivity index (χ0v) is 11.1. The Morgan fingerprint density at radius 3 is 2.00 bits per heavy atom. The lowest BCUT2D eigenvalue weighted by atomic mass is 9.96. The minimum atomic E-state index is -1.01. The largest absolute Gasteiger partial charge is 0.480 e. The molecule has 0 saturated carbocycles. The Kier molecular flexibility index (Phi) is 6.80. The Balaban J connectivity index is 4.56. The first-order valence-corrected chi connectivity index (χ1v) is 6.13. The van der Waals surface area contributed by atoms with E-state index in [1.807, 2.05) is 20.8 Å². The number of rotatable bonds is 7. The van der Waals surface area contributed by atoms with Crippen molar-refractivity contribution in [3.05, 3.63) is 0 Å². The Morgan fingerprint density at radius 2 is 1.65 bits per heavy atom. The van der Waals surface area contributed by atoms with Gasteiger partial charge >= 0.3 is 5.97 Å². The fourth-order valence-corrected chi connectivity index (χ4v) is 1.44. The summed E-state index contributed by atoms with van der Waals surface area (Å²) in [5, 5.41) is 11.6. The lowest BCUT2D eigenvalue weighted by molar-refractivity contribution is -0.143. The minimum Gasteiger partial charge on any atom is -0.480 e. The minimum absolute atomic E-state index is 0.0429. The molecule has 0 bridgehead atoms. The predicted octanol–water partition coefficient (Wildman–Crippen LogP) is 0.975. The molecule has 0 spiro atoms. The number of amides is 1. The second-order valence-electron chi connectivity index (χ2n) is 4.62. The molecule has 0 rings (SSSR count). The summed E-state index contributed by atoms with van der Waals surface area (Å²) in [4.78, 5) is 22.8. The van der Waals surface area contributed by atoms with E-state index >= 15 is 0 Å². The van der Waals surface area contributed by atoms with Crippen molar-refractivity contribution >= 4 is 11.9 Å². The zero-order valence-electron chi connectivity index (χ0n) is 11.1. The standard InChI is InChI=1S/C12H24N2O3/c1-5-7(3)9(13)11(15)14-10(12(16)17)8(4)6-2/h7-10H,5-6,13H2,1-4H3,(H,14,15)(H,16,17)/t7-,8?,9-,10?/m0/s1. The van der Waals surface area contributed by atoms with Gasteiger partial charge in [0.1, 0.15) is 6.04 Å². The van der Waals surface area contributed by atoms with Crippen molar-refractivity contribution in [3.8, 4) is 0 Å². The van der Waals surface area contributed by atoms with E-state index in [1.54, 1.807) is 6.92 Å². The highest BCUT2D eigenvalue weighted by molar-refractivity contribution is 5.87. The molecule has 0 fully saturated rings. The third-order valence-electron chi connectivity index (χ3n) is 3.34. The van der Waals surface area contributed by atoms with E-state index in [1.165, 1.54) is 0 Å². The summed E-state index contributed by atoms with van der Waals surface area (Å²) in [5.74, 6) is -1.46. The second kappa shape index (κ2) is 7.27. The van der Waals surface area contributed by atoms with E-state index in [4.69, 9.17) is 10.8 Å². The highest BCUT2D eigenvalue weighted by Crippen LogP contribution is 2.10. The van der Waals surface area contributed by atoms with Crippen LogP contribution in [0.5, 0.6) is 0 Å².